The predicted molar refractivity (Wildman–Crippen MR) is 119 cm³/mol. The number of carbonyl (C=O) groups is 1. The highest BCUT2D eigenvalue weighted by molar-refractivity contribution is 7.19. The molecule has 0 saturated heterocycles. The summed E-state index contributed by atoms with van der Waals surface area (Å²) in [5.41, 5.74) is 3.59. The first-order valence-corrected chi connectivity index (χ1v) is 11.3. The van der Waals surface area contributed by atoms with Crippen molar-refractivity contribution in [2.75, 3.05) is 32.8 Å². The van der Waals surface area contributed by atoms with E-state index in [2.05, 4.69) is 9.88 Å². The molecule has 0 N–H and O–H groups in total. The highest BCUT2D eigenvalue weighted by Crippen LogP contribution is 2.45. The molecule has 1 aromatic carbocycles. The number of anilines is 1. The van der Waals surface area contributed by atoms with Gasteiger partial charge in [0.25, 0.3) is 0 Å². The highest BCUT2D eigenvalue weighted by atomic mass is 32.1. The summed E-state index contributed by atoms with van der Waals surface area (Å²) < 4.78 is 16.1. The zero-order valence-electron chi connectivity index (χ0n) is 17.9. The standard InChI is InChI=1S/C23H25N3O4S/c1-28-17-9-13-7-8-26(16(11-20(27)30-3)15(13)10-18(17)29-2)22-21-14-5-4-6-19(14)31-23(21)25-12-24-22/h9-10,12,16H,4-8,11H2,1-3H3/t16-/m1/s1. The van der Waals surface area contributed by atoms with Gasteiger partial charge in [0.1, 0.15) is 17.0 Å². The van der Waals surface area contributed by atoms with E-state index in [9.17, 15) is 4.79 Å². The van der Waals surface area contributed by atoms with E-state index >= 15 is 0 Å². The Morgan fingerprint density at radius 3 is 2.71 bits per heavy atom. The van der Waals surface area contributed by atoms with Gasteiger partial charge in [-0.25, -0.2) is 9.97 Å². The molecule has 3 heterocycles. The van der Waals surface area contributed by atoms with Crippen molar-refractivity contribution in [2.24, 2.45) is 0 Å². The fourth-order valence-corrected chi connectivity index (χ4v) is 6.10. The van der Waals surface area contributed by atoms with Gasteiger partial charge in [-0.15, -0.1) is 11.3 Å². The first-order valence-electron chi connectivity index (χ1n) is 10.5. The lowest BCUT2D eigenvalue weighted by molar-refractivity contribution is -0.141. The van der Waals surface area contributed by atoms with E-state index in [4.69, 9.17) is 19.2 Å². The molecule has 0 bridgehead atoms. The molecule has 1 atom stereocenters. The normalized spacial score (nSPS) is 17.4. The number of aryl methyl sites for hydroxylation is 2. The van der Waals surface area contributed by atoms with Crippen LogP contribution in [-0.4, -0.2) is 43.8 Å². The minimum Gasteiger partial charge on any atom is -0.493 e. The van der Waals surface area contributed by atoms with E-state index in [0.717, 1.165) is 53.0 Å². The molecular formula is C23H25N3O4S. The molecule has 1 aliphatic heterocycles. The third-order valence-electron chi connectivity index (χ3n) is 6.34. The number of aromatic nitrogens is 2. The van der Waals surface area contributed by atoms with Crippen LogP contribution in [-0.2, 0) is 28.8 Å². The van der Waals surface area contributed by atoms with Crippen molar-refractivity contribution in [2.45, 2.75) is 38.1 Å². The summed E-state index contributed by atoms with van der Waals surface area (Å²) in [7, 11) is 4.70. The van der Waals surface area contributed by atoms with Crippen LogP contribution in [0.1, 0.15) is 40.5 Å². The molecule has 162 valence electrons. The Balaban J connectivity index is 1.66. The molecule has 2 aromatic heterocycles. The second-order valence-electron chi connectivity index (χ2n) is 7.88. The molecule has 2 aliphatic rings. The summed E-state index contributed by atoms with van der Waals surface area (Å²) in [4.78, 5) is 26.4. The Labute approximate surface area is 185 Å². The van der Waals surface area contributed by atoms with Gasteiger partial charge in [0, 0.05) is 11.4 Å². The summed E-state index contributed by atoms with van der Waals surface area (Å²) >= 11 is 1.77. The zero-order valence-corrected chi connectivity index (χ0v) is 18.8. The van der Waals surface area contributed by atoms with Crippen molar-refractivity contribution in [3.8, 4) is 11.5 Å². The molecule has 7 nitrogen and oxygen atoms in total. The largest absolute Gasteiger partial charge is 0.493 e. The summed E-state index contributed by atoms with van der Waals surface area (Å²) in [6, 6.07) is 3.81. The Kier molecular flexibility index (Phi) is 5.17. The van der Waals surface area contributed by atoms with E-state index in [1.54, 1.807) is 31.9 Å². The fourth-order valence-electron chi connectivity index (χ4n) is 4.87. The third kappa shape index (κ3) is 3.29. The second-order valence-corrected chi connectivity index (χ2v) is 8.96. The molecular weight excluding hydrogens is 414 g/mol. The number of hydrogen-bond acceptors (Lipinski definition) is 8. The molecule has 31 heavy (non-hydrogen) atoms. The smallest absolute Gasteiger partial charge is 0.307 e. The number of benzene rings is 1. The summed E-state index contributed by atoms with van der Waals surface area (Å²) in [6.45, 7) is 0.751. The van der Waals surface area contributed by atoms with Crippen LogP contribution in [0.2, 0.25) is 0 Å². The van der Waals surface area contributed by atoms with Crippen LogP contribution in [0, 0.1) is 0 Å². The summed E-state index contributed by atoms with van der Waals surface area (Å²) in [6.07, 6.45) is 6.05. The second kappa shape index (κ2) is 8.00. The quantitative estimate of drug-likeness (QED) is 0.559. The average molecular weight is 440 g/mol. The van der Waals surface area contributed by atoms with Crippen LogP contribution in [0.3, 0.4) is 0 Å². The topological polar surface area (TPSA) is 73.8 Å². The van der Waals surface area contributed by atoms with Crippen LogP contribution in [0.5, 0.6) is 11.5 Å². The molecule has 0 radical (unpaired) electrons. The molecule has 0 saturated carbocycles. The molecule has 3 aromatic rings. The van der Waals surface area contributed by atoms with Gasteiger partial charge in [0.05, 0.1) is 39.2 Å². The van der Waals surface area contributed by atoms with E-state index in [1.165, 1.54) is 24.0 Å². The molecule has 0 unspecified atom stereocenters. The van der Waals surface area contributed by atoms with E-state index in [-0.39, 0.29) is 18.4 Å². The maximum absolute atomic E-state index is 12.4. The lowest BCUT2D eigenvalue weighted by Gasteiger charge is -2.38. The van der Waals surface area contributed by atoms with E-state index in [0.29, 0.717) is 11.5 Å². The minimum atomic E-state index is -0.251. The Hall–Kier alpha value is -2.87. The van der Waals surface area contributed by atoms with Crippen molar-refractivity contribution < 1.29 is 19.0 Å². The number of methoxy groups -OCH3 is 3. The minimum absolute atomic E-state index is 0.203. The third-order valence-corrected chi connectivity index (χ3v) is 7.54. The number of esters is 1. The van der Waals surface area contributed by atoms with Gasteiger partial charge in [-0.05, 0) is 54.5 Å². The molecule has 0 spiro atoms. The fraction of sp³-hybridized carbons (Fsp3) is 0.435. The monoisotopic (exact) mass is 439 g/mol. The Bertz CT molecular complexity index is 1160. The van der Waals surface area contributed by atoms with Gasteiger partial charge >= 0.3 is 5.97 Å². The SMILES string of the molecule is COC(=O)C[C@@H]1c2cc(OC)c(OC)cc2CCN1c1ncnc2sc3c(c12)CCC3. The Morgan fingerprint density at radius 1 is 1.13 bits per heavy atom. The van der Waals surface area contributed by atoms with Crippen molar-refractivity contribution in [3.05, 3.63) is 40.0 Å². The number of rotatable bonds is 5. The summed E-state index contributed by atoms with van der Waals surface area (Å²) in [5, 5.41) is 1.15. The van der Waals surface area contributed by atoms with Gasteiger partial charge in [-0.3, -0.25) is 4.79 Å². The Morgan fingerprint density at radius 2 is 1.94 bits per heavy atom. The number of hydrogen-bond donors (Lipinski definition) is 0. The van der Waals surface area contributed by atoms with Crippen LogP contribution < -0.4 is 14.4 Å². The van der Waals surface area contributed by atoms with Crippen LogP contribution >= 0.6 is 11.3 Å². The average Bonchev–Trinajstić information content (AvgIpc) is 3.39. The van der Waals surface area contributed by atoms with Crippen LogP contribution in [0.4, 0.5) is 5.82 Å². The molecule has 1 aliphatic carbocycles. The predicted octanol–water partition coefficient (Wildman–Crippen LogP) is 3.86. The van der Waals surface area contributed by atoms with Gasteiger partial charge in [0.2, 0.25) is 0 Å². The van der Waals surface area contributed by atoms with Crippen molar-refractivity contribution in [3.63, 3.8) is 0 Å². The number of nitrogens with zero attached hydrogens (tertiary/aromatic N) is 3. The summed E-state index contributed by atoms with van der Waals surface area (Å²) in [5.74, 6) is 2.02. The maximum Gasteiger partial charge on any atom is 0.307 e. The van der Waals surface area contributed by atoms with E-state index in [1.807, 2.05) is 12.1 Å². The van der Waals surface area contributed by atoms with Crippen molar-refractivity contribution in [1.82, 2.24) is 9.97 Å². The molecule has 0 amide bonds. The zero-order chi connectivity index (χ0) is 21.5. The van der Waals surface area contributed by atoms with Crippen molar-refractivity contribution in [1.29, 1.82) is 0 Å². The number of thiophene rings is 1. The van der Waals surface area contributed by atoms with Gasteiger partial charge < -0.3 is 19.1 Å². The lowest BCUT2D eigenvalue weighted by Crippen LogP contribution is -2.37. The number of ether oxygens (including phenoxy) is 3. The first-order chi connectivity index (χ1) is 15.1. The highest BCUT2D eigenvalue weighted by Gasteiger charge is 2.34. The van der Waals surface area contributed by atoms with Crippen molar-refractivity contribution >= 4 is 33.3 Å². The number of carbonyl (C=O) groups excluding carboxylic acids is 1. The van der Waals surface area contributed by atoms with Gasteiger partial charge in [-0.2, -0.15) is 0 Å². The molecule has 8 heteroatoms. The van der Waals surface area contributed by atoms with Gasteiger partial charge in [-0.1, -0.05) is 0 Å². The lowest BCUT2D eigenvalue weighted by atomic mass is 9.89. The van der Waals surface area contributed by atoms with Crippen LogP contribution in [0.15, 0.2) is 18.5 Å². The molecule has 0 fully saturated rings. The maximum atomic E-state index is 12.4. The first kappa shape index (κ1) is 20.1. The van der Waals surface area contributed by atoms with E-state index < -0.39 is 0 Å². The number of fused-ring (bicyclic) bond motifs is 4. The van der Waals surface area contributed by atoms with Crippen LogP contribution in [0.25, 0.3) is 10.2 Å². The molecule has 5 rings (SSSR count). The van der Waals surface area contributed by atoms with Gasteiger partial charge in [0.15, 0.2) is 11.5 Å².